The molecule has 0 saturated carbocycles. The van der Waals surface area contributed by atoms with E-state index in [1.165, 1.54) is 12.1 Å². The van der Waals surface area contributed by atoms with Gasteiger partial charge >= 0.3 is 0 Å². The molecule has 2 N–H and O–H groups in total. The zero-order chi connectivity index (χ0) is 11.7. The van der Waals surface area contributed by atoms with Gasteiger partial charge < -0.3 is 5.32 Å². The van der Waals surface area contributed by atoms with Crippen LogP contribution in [0.25, 0.3) is 11.4 Å². The van der Waals surface area contributed by atoms with Crippen molar-refractivity contribution in [1.82, 2.24) is 20.5 Å². The summed E-state index contributed by atoms with van der Waals surface area (Å²) in [6, 6.07) is 6.48. The first kappa shape index (κ1) is 10.4. The van der Waals surface area contributed by atoms with Gasteiger partial charge in [0.2, 0.25) is 0 Å². The molecule has 1 fully saturated rings. The van der Waals surface area contributed by atoms with Gasteiger partial charge in [-0.2, -0.15) is 5.10 Å². The van der Waals surface area contributed by atoms with Crippen LogP contribution in [0.1, 0.15) is 24.7 Å². The van der Waals surface area contributed by atoms with Crippen molar-refractivity contribution in [3.63, 3.8) is 0 Å². The van der Waals surface area contributed by atoms with Crippen LogP contribution in [-0.2, 0) is 0 Å². The molecule has 1 saturated heterocycles. The van der Waals surface area contributed by atoms with Gasteiger partial charge in [-0.1, -0.05) is 0 Å². The molecule has 88 valence electrons. The van der Waals surface area contributed by atoms with Crippen molar-refractivity contribution in [3.8, 4) is 11.4 Å². The predicted octanol–water partition coefficient (Wildman–Crippen LogP) is 2.04. The summed E-state index contributed by atoms with van der Waals surface area (Å²) < 4.78 is 12.8. The van der Waals surface area contributed by atoms with Crippen LogP contribution in [0, 0.1) is 5.82 Å². The molecule has 17 heavy (non-hydrogen) atoms. The summed E-state index contributed by atoms with van der Waals surface area (Å²) in [4.78, 5) is 4.44. The Morgan fingerprint density at radius 2 is 2.06 bits per heavy atom. The first-order valence-electron chi connectivity index (χ1n) is 5.74. The highest BCUT2D eigenvalue weighted by molar-refractivity contribution is 5.54. The van der Waals surface area contributed by atoms with Crippen LogP contribution in [-0.4, -0.2) is 21.7 Å². The Hall–Kier alpha value is -1.75. The second-order valence-corrected chi connectivity index (χ2v) is 4.20. The van der Waals surface area contributed by atoms with Crippen molar-refractivity contribution >= 4 is 0 Å². The normalized spacial score (nSPS) is 19.7. The fourth-order valence-corrected chi connectivity index (χ4v) is 2.08. The lowest BCUT2D eigenvalue weighted by molar-refractivity contribution is 0.608. The summed E-state index contributed by atoms with van der Waals surface area (Å²) in [6.45, 7) is 1.03. The van der Waals surface area contributed by atoms with Gasteiger partial charge in [0, 0.05) is 5.56 Å². The Balaban J connectivity index is 1.86. The van der Waals surface area contributed by atoms with Gasteiger partial charge in [-0.05, 0) is 43.7 Å². The van der Waals surface area contributed by atoms with E-state index in [0.717, 1.165) is 30.8 Å². The Morgan fingerprint density at radius 3 is 2.76 bits per heavy atom. The Labute approximate surface area is 98.3 Å². The molecule has 0 radical (unpaired) electrons. The molecule has 0 aliphatic carbocycles. The van der Waals surface area contributed by atoms with Gasteiger partial charge in [-0.3, -0.25) is 5.10 Å². The fraction of sp³-hybridized carbons (Fsp3) is 0.333. The van der Waals surface area contributed by atoms with E-state index in [4.69, 9.17) is 0 Å². The van der Waals surface area contributed by atoms with E-state index >= 15 is 0 Å². The maximum Gasteiger partial charge on any atom is 0.181 e. The minimum absolute atomic E-state index is 0.248. The lowest BCUT2D eigenvalue weighted by Crippen LogP contribution is -2.14. The topological polar surface area (TPSA) is 53.6 Å². The molecular weight excluding hydrogens is 219 g/mol. The van der Waals surface area contributed by atoms with Crippen LogP contribution in [0.4, 0.5) is 4.39 Å². The highest BCUT2D eigenvalue weighted by Gasteiger charge is 2.20. The van der Waals surface area contributed by atoms with Gasteiger partial charge in [-0.25, -0.2) is 9.37 Å². The zero-order valence-corrected chi connectivity index (χ0v) is 9.28. The number of nitrogens with one attached hydrogen (secondary N) is 2. The van der Waals surface area contributed by atoms with Crippen molar-refractivity contribution in [2.45, 2.75) is 18.9 Å². The summed E-state index contributed by atoms with van der Waals surface area (Å²) in [5.41, 5.74) is 0.826. The molecule has 1 aliphatic rings. The lowest BCUT2D eigenvalue weighted by atomic mass is 10.2. The third-order valence-electron chi connectivity index (χ3n) is 3.00. The largest absolute Gasteiger partial charge is 0.307 e. The molecule has 0 amide bonds. The van der Waals surface area contributed by atoms with E-state index in [-0.39, 0.29) is 11.9 Å². The first-order chi connectivity index (χ1) is 8.33. The number of halogens is 1. The summed E-state index contributed by atoms with van der Waals surface area (Å²) >= 11 is 0. The molecule has 1 aliphatic heterocycles. The van der Waals surface area contributed by atoms with Gasteiger partial charge in [0.1, 0.15) is 11.6 Å². The number of hydrogen-bond acceptors (Lipinski definition) is 3. The SMILES string of the molecule is Fc1ccc(-c2n[nH]c([C@H]3CCCN3)n2)cc1. The van der Waals surface area contributed by atoms with Gasteiger partial charge in [-0.15, -0.1) is 0 Å². The summed E-state index contributed by atoms with van der Waals surface area (Å²) in [6.07, 6.45) is 2.25. The summed E-state index contributed by atoms with van der Waals surface area (Å²) in [5, 5.41) is 10.5. The van der Waals surface area contributed by atoms with Crippen LogP contribution in [0.3, 0.4) is 0 Å². The molecule has 3 rings (SSSR count). The number of benzene rings is 1. The minimum Gasteiger partial charge on any atom is -0.307 e. The van der Waals surface area contributed by atoms with Crippen LogP contribution in [0.5, 0.6) is 0 Å². The molecule has 4 nitrogen and oxygen atoms in total. The molecule has 1 aromatic carbocycles. The quantitative estimate of drug-likeness (QED) is 0.833. The lowest BCUT2D eigenvalue weighted by Gasteiger charge is -2.03. The standard InChI is InChI=1S/C12H13FN4/c13-9-5-3-8(4-6-9)11-15-12(17-16-11)10-2-1-7-14-10/h3-6,10,14H,1-2,7H2,(H,15,16,17)/t10-/m1/s1. The monoisotopic (exact) mass is 232 g/mol. The Kier molecular flexibility index (Phi) is 2.60. The highest BCUT2D eigenvalue weighted by Crippen LogP contribution is 2.22. The summed E-state index contributed by atoms with van der Waals surface area (Å²) in [5.74, 6) is 1.23. The van der Waals surface area contributed by atoms with E-state index in [9.17, 15) is 4.39 Å². The predicted molar refractivity (Wildman–Crippen MR) is 61.8 cm³/mol. The molecule has 0 bridgehead atoms. The van der Waals surface area contributed by atoms with Crippen molar-refractivity contribution in [2.75, 3.05) is 6.54 Å². The van der Waals surface area contributed by atoms with E-state index in [0.29, 0.717) is 5.82 Å². The van der Waals surface area contributed by atoms with Gasteiger partial charge in [0.05, 0.1) is 6.04 Å². The zero-order valence-electron chi connectivity index (χ0n) is 9.28. The Bertz CT molecular complexity index is 499. The highest BCUT2D eigenvalue weighted by atomic mass is 19.1. The van der Waals surface area contributed by atoms with E-state index in [2.05, 4.69) is 20.5 Å². The number of rotatable bonds is 2. The number of nitrogens with zero attached hydrogens (tertiary/aromatic N) is 2. The van der Waals surface area contributed by atoms with Gasteiger partial charge in [0.25, 0.3) is 0 Å². The van der Waals surface area contributed by atoms with Crippen molar-refractivity contribution in [2.24, 2.45) is 0 Å². The van der Waals surface area contributed by atoms with Crippen LogP contribution < -0.4 is 5.32 Å². The number of aromatic amines is 1. The van der Waals surface area contributed by atoms with Gasteiger partial charge in [0.15, 0.2) is 5.82 Å². The van der Waals surface area contributed by atoms with Crippen LogP contribution >= 0.6 is 0 Å². The third kappa shape index (κ3) is 2.06. The van der Waals surface area contributed by atoms with E-state index in [1.54, 1.807) is 12.1 Å². The minimum atomic E-state index is -0.248. The van der Waals surface area contributed by atoms with Crippen LogP contribution in [0.2, 0.25) is 0 Å². The molecule has 0 unspecified atom stereocenters. The van der Waals surface area contributed by atoms with Crippen molar-refractivity contribution in [1.29, 1.82) is 0 Å². The molecule has 1 atom stereocenters. The number of hydrogen-bond donors (Lipinski definition) is 2. The second-order valence-electron chi connectivity index (χ2n) is 4.20. The van der Waals surface area contributed by atoms with Crippen LogP contribution in [0.15, 0.2) is 24.3 Å². The number of aromatic nitrogens is 3. The van der Waals surface area contributed by atoms with E-state index < -0.39 is 0 Å². The molecule has 2 heterocycles. The first-order valence-corrected chi connectivity index (χ1v) is 5.74. The van der Waals surface area contributed by atoms with Crippen molar-refractivity contribution < 1.29 is 4.39 Å². The molecular formula is C12H13FN4. The summed E-state index contributed by atoms with van der Waals surface area (Å²) in [7, 11) is 0. The maximum atomic E-state index is 12.8. The fourth-order valence-electron chi connectivity index (χ4n) is 2.08. The average Bonchev–Trinajstić information content (AvgIpc) is 3.00. The molecule has 5 heteroatoms. The smallest absolute Gasteiger partial charge is 0.181 e. The maximum absolute atomic E-state index is 12.8. The van der Waals surface area contributed by atoms with E-state index in [1.807, 2.05) is 0 Å². The second kappa shape index (κ2) is 4.25. The van der Waals surface area contributed by atoms with Crippen molar-refractivity contribution in [3.05, 3.63) is 35.9 Å². The molecule has 2 aromatic rings. The third-order valence-corrected chi connectivity index (χ3v) is 3.00. The average molecular weight is 232 g/mol. The molecule has 1 aromatic heterocycles. The molecule has 0 spiro atoms. The Morgan fingerprint density at radius 1 is 1.24 bits per heavy atom. The number of H-pyrrole nitrogens is 1.